The topological polar surface area (TPSA) is 98.9 Å². The number of benzene rings is 1. The summed E-state index contributed by atoms with van der Waals surface area (Å²) in [6.45, 7) is 3.49. The van der Waals surface area contributed by atoms with Crippen molar-refractivity contribution in [3.05, 3.63) is 45.6 Å². The van der Waals surface area contributed by atoms with Gasteiger partial charge in [0.05, 0.1) is 12.2 Å². The Bertz CT molecular complexity index is 892. The second-order valence-corrected chi connectivity index (χ2v) is 7.26. The highest BCUT2D eigenvalue weighted by Crippen LogP contribution is 2.33. The fourth-order valence-corrected chi connectivity index (χ4v) is 3.87. The van der Waals surface area contributed by atoms with Gasteiger partial charge in [-0.25, -0.2) is 4.79 Å². The molecular weight excluding hydrogens is 368 g/mol. The van der Waals surface area contributed by atoms with Crippen molar-refractivity contribution in [2.24, 2.45) is 5.73 Å². The number of anilines is 1. The lowest BCUT2D eigenvalue weighted by Crippen LogP contribution is -2.50. The largest absolute Gasteiger partial charge is 0.477 e. The molecule has 2 amide bonds. The predicted octanol–water partition coefficient (Wildman–Crippen LogP) is 2.06. The van der Waals surface area contributed by atoms with E-state index in [1.54, 1.807) is 30.3 Å². The number of ether oxygens (including phenoxy) is 2. The summed E-state index contributed by atoms with van der Waals surface area (Å²) >= 11 is 1.37. The van der Waals surface area contributed by atoms with E-state index < -0.39 is 30.5 Å². The zero-order chi connectivity index (χ0) is 19.6. The monoisotopic (exact) mass is 388 g/mol. The average Bonchev–Trinajstić information content (AvgIpc) is 3.05. The van der Waals surface area contributed by atoms with E-state index in [2.05, 4.69) is 0 Å². The molecule has 0 fully saturated rings. The van der Waals surface area contributed by atoms with E-state index in [1.165, 1.54) is 16.2 Å². The number of nitrogens with two attached hydrogens (primary N) is 1. The molecule has 142 valence electrons. The van der Waals surface area contributed by atoms with Crippen LogP contribution in [0.25, 0.3) is 0 Å². The number of esters is 1. The lowest BCUT2D eigenvalue weighted by Gasteiger charge is -2.33. The Morgan fingerprint density at radius 1 is 1.33 bits per heavy atom. The molecule has 2 aromatic rings. The first kappa shape index (κ1) is 18.9. The van der Waals surface area contributed by atoms with Gasteiger partial charge in [-0.15, -0.1) is 11.3 Å². The molecule has 0 bridgehead atoms. The Kier molecular flexibility index (Phi) is 5.46. The van der Waals surface area contributed by atoms with E-state index in [0.717, 1.165) is 16.9 Å². The van der Waals surface area contributed by atoms with Gasteiger partial charge in [-0.3, -0.25) is 9.59 Å². The Labute approximate surface area is 160 Å². The van der Waals surface area contributed by atoms with Crippen molar-refractivity contribution in [3.63, 3.8) is 0 Å². The normalized spacial score (nSPS) is 15.6. The summed E-state index contributed by atoms with van der Waals surface area (Å²) < 4.78 is 10.7. The summed E-state index contributed by atoms with van der Waals surface area (Å²) in [6, 6.07) is 8.60. The molecule has 0 saturated heterocycles. The number of hydrogen-bond donors (Lipinski definition) is 1. The van der Waals surface area contributed by atoms with Crippen LogP contribution in [0.4, 0.5) is 5.69 Å². The molecule has 1 aromatic heterocycles. The van der Waals surface area contributed by atoms with Gasteiger partial charge in [0.15, 0.2) is 12.7 Å². The van der Waals surface area contributed by atoms with Crippen molar-refractivity contribution < 1.29 is 23.9 Å². The van der Waals surface area contributed by atoms with Crippen LogP contribution >= 0.6 is 11.3 Å². The smallest absolute Gasteiger partial charge is 0.348 e. The first-order chi connectivity index (χ1) is 12.9. The molecule has 0 radical (unpaired) electrons. The second-order valence-electron chi connectivity index (χ2n) is 6.13. The minimum absolute atomic E-state index is 0.0270. The van der Waals surface area contributed by atoms with Crippen LogP contribution in [0, 0.1) is 6.92 Å². The fraction of sp³-hybridized carbons (Fsp3) is 0.316. The number of nitrogens with zero attached hydrogens (tertiary/aromatic N) is 1. The second kappa shape index (κ2) is 7.79. The first-order valence-corrected chi connectivity index (χ1v) is 9.34. The van der Waals surface area contributed by atoms with E-state index in [4.69, 9.17) is 15.2 Å². The molecule has 7 nitrogen and oxygen atoms in total. The summed E-state index contributed by atoms with van der Waals surface area (Å²) in [5.74, 6) is -1.27. The van der Waals surface area contributed by atoms with Gasteiger partial charge in [0.25, 0.3) is 11.8 Å². The van der Waals surface area contributed by atoms with E-state index >= 15 is 0 Å². The minimum atomic E-state index is -0.952. The van der Waals surface area contributed by atoms with Crippen molar-refractivity contribution in [2.45, 2.75) is 26.4 Å². The molecule has 1 atom stereocenters. The molecule has 2 heterocycles. The third-order valence-electron chi connectivity index (χ3n) is 4.26. The maximum atomic E-state index is 12.6. The highest BCUT2D eigenvalue weighted by molar-refractivity contribution is 7.14. The summed E-state index contributed by atoms with van der Waals surface area (Å²) in [5.41, 5.74) is 6.87. The van der Waals surface area contributed by atoms with E-state index in [1.807, 2.05) is 13.8 Å². The van der Waals surface area contributed by atoms with Crippen molar-refractivity contribution in [3.8, 4) is 5.75 Å². The molecule has 2 N–H and O–H groups in total. The lowest BCUT2D eigenvalue weighted by atomic mass is 10.2. The fourth-order valence-electron chi connectivity index (χ4n) is 2.87. The molecule has 8 heteroatoms. The summed E-state index contributed by atoms with van der Waals surface area (Å²) in [5, 5.41) is 0. The van der Waals surface area contributed by atoms with Crippen LogP contribution in [0.5, 0.6) is 5.75 Å². The van der Waals surface area contributed by atoms with Crippen LogP contribution in [0.1, 0.15) is 27.0 Å². The Balaban J connectivity index is 1.71. The maximum Gasteiger partial charge on any atom is 0.348 e. The number of carbonyl (C=O) groups is 3. The Hall–Kier alpha value is -2.87. The van der Waals surface area contributed by atoms with Crippen LogP contribution in [0.2, 0.25) is 0 Å². The van der Waals surface area contributed by atoms with Crippen LogP contribution in [-0.2, 0) is 20.7 Å². The molecule has 3 rings (SSSR count). The number of thiophene rings is 1. The van der Waals surface area contributed by atoms with E-state index in [9.17, 15) is 14.4 Å². The highest BCUT2D eigenvalue weighted by Gasteiger charge is 2.33. The van der Waals surface area contributed by atoms with Crippen LogP contribution in [0.15, 0.2) is 30.3 Å². The van der Waals surface area contributed by atoms with Gasteiger partial charge in [-0.1, -0.05) is 19.1 Å². The maximum absolute atomic E-state index is 12.6. The predicted molar refractivity (Wildman–Crippen MR) is 101 cm³/mol. The van der Waals surface area contributed by atoms with Crippen molar-refractivity contribution in [2.75, 3.05) is 18.1 Å². The molecule has 1 unspecified atom stereocenters. The molecule has 27 heavy (non-hydrogen) atoms. The summed E-state index contributed by atoms with van der Waals surface area (Å²) in [4.78, 5) is 39.3. The molecule has 0 aliphatic carbocycles. The zero-order valence-corrected chi connectivity index (χ0v) is 15.9. The van der Waals surface area contributed by atoms with Gasteiger partial charge in [0, 0.05) is 4.88 Å². The first-order valence-electron chi connectivity index (χ1n) is 8.52. The molecule has 0 saturated carbocycles. The summed E-state index contributed by atoms with van der Waals surface area (Å²) in [7, 11) is 0. The third-order valence-corrected chi connectivity index (χ3v) is 5.62. The molecule has 1 aromatic carbocycles. The van der Waals surface area contributed by atoms with Gasteiger partial charge in [0.1, 0.15) is 10.6 Å². The van der Waals surface area contributed by atoms with Gasteiger partial charge >= 0.3 is 5.97 Å². The van der Waals surface area contributed by atoms with Crippen molar-refractivity contribution >= 4 is 34.8 Å². The molecule has 1 aliphatic heterocycles. The van der Waals surface area contributed by atoms with Gasteiger partial charge in [-0.2, -0.15) is 0 Å². The number of amides is 2. The van der Waals surface area contributed by atoms with E-state index in [0.29, 0.717) is 16.3 Å². The average molecular weight is 388 g/mol. The van der Waals surface area contributed by atoms with Crippen molar-refractivity contribution in [1.82, 2.24) is 0 Å². The summed E-state index contributed by atoms with van der Waals surface area (Å²) in [6.07, 6.45) is -0.117. The van der Waals surface area contributed by atoms with Crippen molar-refractivity contribution in [1.29, 1.82) is 0 Å². The van der Waals surface area contributed by atoms with Crippen LogP contribution < -0.4 is 15.4 Å². The van der Waals surface area contributed by atoms with E-state index in [-0.39, 0.29) is 6.54 Å². The molecule has 1 aliphatic rings. The standard InChI is InChI=1S/C19H20N2O5S/c1-3-15-11(2)8-16(27-15)19(24)25-10-17(22)21-9-14(18(20)23)26-13-7-5-4-6-12(13)21/h4-8,14H,3,9-10H2,1-2H3,(H2,20,23). The molecular formula is C19H20N2O5S. The number of aryl methyl sites for hydroxylation is 2. The Morgan fingerprint density at radius 3 is 2.74 bits per heavy atom. The van der Waals surface area contributed by atoms with Gasteiger partial charge in [0.2, 0.25) is 0 Å². The quantitative estimate of drug-likeness (QED) is 0.791. The third kappa shape index (κ3) is 3.95. The SMILES string of the molecule is CCc1sc(C(=O)OCC(=O)N2CC(C(N)=O)Oc3ccccc32)cc1C. The number of para-hydroxylation sites is 2. The highest BCUT2D eigenvalue weighted by atomic mass is 32.1. The van der Waals surface area contributed by atoms with Gasteiger partial charge < -0.3 is 20.1 Å². The lowest BCUT2D eigenvalue weighted by molar-refractivity contribution is -0.126. The number of fused-ring (bicyclic) bond motifs is 1. The van der Waals surface area contributed by atoms with Gasteiger partial charge in [-0.05, 0) is 37.1 Å². The van der Waals surface area contributed by atoms with Crippen LogP contribution in [0.3, 0.4) is 0 Å². The zero-order valence-electron chi connectivity index (χ0n) is 15.1. The Morgan fingerprint density at radius 2 is 2.07 bits per heavy atom. The number of carbonyl (C=O) groups excluding carboxylic acids is 3. The number of primary amides is 1. The number of hydrogen-bond acceptors (Lipinski definition) is 6. The number of rotatable bonds is 5. The van der Waals surface area contributed by atoms with Crippen LogP contribution in [-0.4, -0.2) is 37.0 Å². The minimum Gasteiger partial charge on any atom is -0.477 e. The molecule has 0 spiro atoms.